The van der Waals surface area contributed by atoms with Gasteiger partial charge in [0.15, 0.2) is 11.5 Å². The van der Waals surface area contributed by atoms with Crippen molar-refractivity contribution >= 4 is 11.8 Å². The van der Waals surface area contributed by atoms with E-state index in [2.05, 4.69) is 17.1 Å². The van der Waals surface area contributed by atoms with Gasteiger partial charge in [0.05, 0.1) is 19.9 Å². The lowest BCUT2D eigenvalue weighted by atomic mass is 10.1. The maximum absolute atomic E-state index is 5.28. The van der Waals surface area contributed by atoms with Crippen molar-refractivity contribution in [2.75, 3.05) is 20.0 Å². The van der Waals surface area contributed by atoms with Crippen LogP contribution < -0.4 is 9.47 Å². The highest BCUT2D eigenvalue weighted by Crippen LogP contribution is 2.31. The van der Waals surface area contributed by atoms with E-state index in [4.69, 9.17) is 9.47 Å². The number of ether oxygens (including phenoxy) is 2. The Hall–Kier alpha value is -1.75. The Labute approximate surface area is 117 Å². The highest BCUT2D eigenvalue weighted by molar-refractivity contribution is 7.99. The molecule has 19 heavy (non-hydrogen) atoms. The first-order valence-corrected chi connectivity index (χ1v) is 6.96. The first-order chi connectivity index (χ1) is 9.28. The first-order valence-electron chi connectivity index (χ1n) is 5.97. The molecule has 5 heteroatoms. The van der Waals surface area contributed by atoms with Crippen LogP contribution in [0.25, 0.3) is 11.3 Å². The SMILES string of the molecule is CCSc1ccc(-c2ccc(OC)c(OC)c2)nn1. The summed E-state index contributed by atoms with van der Waals surface area (Å²) < 4.78 is 10.5. The molecule has 100 valence electrons. The van der Waals surface area contributed by atoms with Crippen molar-refractivity contribution in [2.45, 2.75) is 11.9 Å². The molecule has 2 rings (SSSR count). The predicted octanol–water partition coefficient (Wildman–Crippen LogP) is 3.27. The number of aromatic nitrogens is 2. The summed E-state index contributed by atoms with van der Waals surface area (Å²) in [5.74, 6) is 2.39. The monoisotopic (exact) mass is 276 g/mol. The Balaban J connectivity index is 2.30. The highest BCUT2D eigenvalue weighted by atomic mass is 32.2. The minimum absolute atomic E-state index is 0.689. The molecule has 0 saturated carbocycles. The molecule has 0 saturated heterocycles. The lowest BCUT2D eigenvalue weighted by Gasteiger charge is -2.09. The van der Waals surface area contributed by atoms with E-state index in [9.17, 15) is 0 Å². The van der Waals surface area contributed by atoms with Crippen molar-refractivity contribution in [3.05, 3.63) is 30.3 Å². The molecule has 4 nitrogen and oxygen atoms in total. The van der Waals surface area contributed by atoms with Crippen molar-refractivity contribution in [1.82, 2.24) is 10.2 Å². The van der Waals surface area contributed by atoms with Crippen molar-refractivity contribution < 1.29 is 9.47 Å². The molecule has 2 aromatic rings. The Kier molecular flexibility index (Phi) is 4.63. The molecule has 0 N–H and O–H groups in total. The first kappa shape index (κ1) is 13.7. The van der Waals surface area contributed by atoms with E-state index in [1.54, 1.807) is 26.0 Å². The second-order valence-corrected chi connectivity index (χ2v) is 5.04. The van der Waals surface area contributed by atoms with Crippen LogP contribution >= 0.6 is 11.8 Å². The summed E-state index contributed by atoms with van der Waals surface area (Å²) in [4.78, 5) is 0. The minimum atomic E-state index is 0.689. The van der Waals surface area contributed by atoms with Gasteiger partial charge in [-0.15, -0.1) is 22.0 Å². The van der Waals surface area contributed by atoms with Gasteiger partial charge in [-0.25, -0.2) is 0 Å². The average Bonchev–Trinajstić information content (AvgIpc) is 2.47. The summed E-state index contributed by atoms with van der Waals surface area (Å²) in [7, 11) is 3.24. The molecule has 0 aliphatic heterocycles. The molecular weight excluding hydrogens is 260 g/mol. The minimum Gasteiger partial charge on any atom is -0.493 e. The van der Waals surface area contributed by atoms with Gasteiger partial charge >= 0.3 is 0 Å². The number of benzene rings is 1. The fourth-order valence-electron chi connectivity index (χ4n) is 1.69. The van der Waals surface area contributed by atoms with Gasteiger partial charge in [0.25, 0.3) is 0 Å². The third-order valence-corrected chi connectivity index (χ3v) is 3.41. The van der Waals surface area contributed by atoms with Crippen LogP contribution in [-0.2, 0) is 0 Å². The average molecular weight is 276 g/mol. The van der Waals surface area contributed by atoms with E-state index >= 15 is 0 Å². The summed E-state index contributed by atoms with van der Waals surface area (Å²) >= 11 is 1.67. The van der Waals surface area contributed by atoms with Gasteiger partial charge in [-0.2, -0.15) is 0 Å². The number of methoxy groups -OCH3 is 2. The lowest BCUT2D eigenvalue weighted by molar-refractivity contribution is 0.355. The van der Waals surface area contributed by atoms with Crippen LogP contribution in [0.2, 0.25) is 0 Å². The molecule has 0 unspecified atom stereocenters. The molecule has 0 fully saturated rings. The van der Waals surface area contributed by atoms with Crippen LogP contribution in [0.5, 0.6) is 11.5 Å². The zero-order valence-electron chi connectivity index (χ0n) is 11.2. The Morgan fingerprint density at radius 3 is 2.37 bits per heavy atom. The smallest absolute Gasteiger partial charge is 0.161 e. The molecule has 0 aliphatic carbocycles. The van der Waals surface area contributed by atoms with Crippen LogP contribution in [0.3, 0.4) is 0 Å². The van der Waals surface area contributed by atoms with E-state index < -0.39 is 0 Å². The van der Waals surface area contributed by atoms with E-state index in [-0.39, 0.29) is 0 Å². The van der Waals surface area contributed by atoms with Crippen LogP contribution in [-0.4, -0.2) is 30.2 Å². The van der Waals surface area contributed by atoms with E-state index in [0.29, 0.717) is 11.5 Å². The zero-order chi connectivity index (χ0) is 13.7. The van der Waals surface area contributed by atoms with Crippen LogP contribution in [0.15, 0.2) is 35.4 Å². The van der Waals surface area contributed by atoms with Crippen molar-refractivity contribution in [1.29, 1.82) is 0 Å². The standard InChI is InChI=1S/C14H16N2O2S/c1-4-19-14-8-6-11(15-16-14)10-5-7-12(17-2)13(9-10)18-3/h5-9H,4H2,1-3H3. The molecular formula is C14H16N2O2S. The van der Waals surface area contributed by atoms with Gasteiger partial charge in [-0.1, -0.05) is 6.92 Å². The molecule has 0 amide bonds. The van der Waals surface area contributed by atoms with Gasteiger partial charge in [0, 0.05) is 5.56 Å². The second kappa shape index (κ2) is 6.43. The Morgan fingerprint density at radius 2 is 1.79 bits per heavy atom. The van der Waals surface area contributed by atoms with E-state index in [0.717, 1.165) is 22.0 Å². The molecule has 1 heterocycles. The van der Waals surface area contributed by atoms with Crippen molar-refractivity contribution in [2.24, 2.45) is 0 Å². The summed E-state index contributed by atoms with van der Waals surface area (Å²) in [6.07, 6.45) is 0. The van der Waals surface area contributed by atoms with Gasteiger partial charge in [-0.3, -0.25) is 0 Å². The Morgan fingerprint density at radius 1 is 1.00 bits per heavy atom. The van der Waals surface area contributed by atoms with E-state index in [1.165, 1.54) is 0 Å². The fourth-order valence-corrected chi connectivity index (χ4v) is 2.25. The number of hydrogen-bond donors (Lipinski definition) is 0. The van der Waals surface area contributed by atoms with Crippen LogP contribution in [0.4, 0.5) is 0 Å². The summed E-state index contributed by atoms with van der Waals surface area (Å²) in [5, 5.41) is 9.35. The molecule has 1 aromatic carbocycles. The summed E-state index contributed by atoms with van der Waals surface area (Å²) in [6, 6.07) is 9.65. The molecule has 0 aliphatic rings. The maximum Gasteiger partial charge on any atom is 0.161 e. The molecule has 1 aromatic heterocycles. The third kappa shape index (κ3) is 3.17. The topological polar surface area (TPSA) is 44.2 Å². The number of rotatable bonds is 5. The van der Waals surface area contributed by atoms with Gasteiger partial charge in [0.1, 0.15) is 5.03 Å². The lowest BCUT2D eigenvalue weighted by Crippen LogP contribution is -1.93. The summed E-state index contributed by atoms with van der Waals surface area (Å²) in [6.45, 7) is 2.09. The van der Waals surface area contributed by atoms with Crippen molar-refractivity contribution in [3.63, 3.8) is 0 Å². The van der Waals surface area contributed by atoms with Crippen LogP contribution in [0, 0.1) is 0 Å². The summed E-state index contributed by atoms with van der Waals surface area (Å²) in [5.41, 5.74) is 1.78. The van der Waals surface area contributed by atoms with Crippen LogP contribution in [0.1, 0.15) is 6.92 Å². The van der Waals surface area contributed by atoms with Gasteiger partial charge in [0.2, 0.25) is 0 Å². The molecule has 0 bridgehead atoms. The van der Waals surface area contributed by atoms with Crippen molar-refractivity contribution in [3.8, 4) is 22.8 Å². The third-order valence-electron chi connectivity index (χ3n) is 2.61. The number of hydrogen-bond acceptors (Lipinski definition) is 5. The molecule has 0 radical (unpaired) electrons. The maximum atomic E-state index is 5.28. The largest absolute Gasteiger partial charge is 0.493 e. The quantitative estimate of drug-likeness (QED) is 0.784. The van der Waals surface area contributed by atoms with Gasteiger partial charge < -0.3 is 9.47 Å². The fraction of sp³-hybridized carbons (Fsp3) is 0.286. The molecule has 0 spiro atoms. The van der Waals surface area contributed by atoms with E-state index in [1.807, 2.05) is 30.3 Å². The number of nitrogens with zero attached hydrogens (tertiary/aromatic N) is 2. The second-order valence-electron chi connectivity index (χ2n) is 3.76. The predicted molar refractivity (Wildman–Crippen MR) is 77.0 cm³/mol. The zero-order valence-corrected chi connectivity index (χ0v) is 12.0. The molecule has 0 atom stereocenters. The Bertz CT molecular complexity index is 544. The number of thioether (sulfide) groups is 1. The normalized spacial score (nSPS) is 10.3. The highest BCUT2D eigenvalue weighted by Gasteiger charge is 2.07. The van der Waals surface area contributed by atoms with Gasteiger partial charge in [-0.05, 0) is 36.1 Å².